The molecule has 27 heavy (non-hydrogen) atoms. The third kappa shape index (κ3) is 4.60. The number of thioether (sulfide) groups is 1. The molecule has 1 amide bonds. The van der Waals surface area contributed by atoms with E-state index in [0.717, 1.165) is 41.6 Å². The number of aryl methyl sites for hydroxylation is 1. The van der Waals surface area contributed by atoms with Gasteiger partial charge in [0, 0.05) is 47.8 Å². The minimum Gasteiger partial charge on any atom is -0.321 e. The Morgan fingerprint density at radius 1 is 1.26 bits per heavy atom. The van der Waals surface area contributed by atoms with Crippen molar-refractivity contribution in [2.45, 2.75) is 13.5 Å². The van der Waals surface area contributed by atoms with Crippen molar-refractivity contribution in [2.75, 3.05) is 29.9 Å². The van der Waals surface area contributed by atoms with Crippen molar-refractivity contribution in [3.8, 4) is 10.6 Å². The van der Waals surface area contributed by atoms with Gasteiger partial charge in [0.25, 0.3) is 5.91 Å². The van der Waals surface area contributed by atoms with Gasteiger partial charge in [-0.15, -0.1) is 11.3 Å². The van der Waals surface area contributed by atoms with Gasteiger partial charge in [-0.25, -0.2) is 4.98 Å². The average Bonchev–Trinajstić information content (AvgIpc) is 3.32. The fourth-order valence-electron chi connectivity index (χ4n) is 3.07. The Morgan fingerprint density at radius 3 is 2.89 bits per heavy atom. The number of hydrogen-bond donors (Lipinski definition) is 1. The summed E-state index contributed by atoms with van der Waals surface area (Å²) >= 11 is 5.11. The molecular weight excluding hydrogens is 394 g/mol. The molecule has 1 aromatic carbocycles. The zero-order valence-electron chi connectivity index (χ0n) is 15.1. The summed E-state index contributed by atoms with van der Waals surface area (Å²) in [6, 6.07) is 10.2. The molecule has 4 nitrogen and oxygen atoms in total. The van der Waals surface area contributed by atoms with Gasteiger partial charge < -0.3 is 5.32 Å². The Balaban J connectivity index is 1.46. The van der Waals surface area contributed by atoms with E-state index in [1.165, 1.54) is 28.4 Å². The minimum absolute atomic E-state index is 0.0852. The first-order valence-electron chi connectivity index (χ1n) is 8.89. The van der Waals surface area contributed by atoms with E-state index in [4.69, 9.17) is 0 Å². The Hall–Kier alpha value is -1.67. The first-order valence-corrected chi connectivity index (χ1v) is 11.8. The summed E-state index contributed by atoms with van der Waals surface area (Å²) in [5.74, 6) is 2.32. The van der Waals surface area contributed by atoms with Crippen LogP contribution in [-0.4, -0.2) is 40.4 Å². The van der Waals surface area contributed by atoms with Crippen LogP contribution in [0.4, 0.5) is 5.69 Å². The molecule has 1 N–H and O–H groups in total. The molecule has 0 radical (unpaired) electrons. The smallest absolute Gasteiger partial charge is 0.267 e. The lowest BCUT2D eigenvalue weighted by atomic mass is 10.2. The highest BCUT2D eigenvalue weighted by Crippen LogP contribution is 2.30. The summed E-state index contributed by atoms with van der Waals surface area (Å²) in [6.07, 6.45) is 0. The van der Waals surface area contributed by atoms with Gasteiger partial charge in [-0.05, 0) is 36.1 Å². The number of nitrogens with one attached hydrogen (secondary N) is 1. The number of nitrogens with zero attached hydrogens (tertiary/aromatic N) is 2. The monoisotopic (exact) mass is 415 g/mol. The third-order valence-electron chi connectivity index (χ3n) is 4.47. The fourth-order valence-corrected chi connectivity index (χ4v) is 5.72. The lowest BCUT2D eigenvalue weighted by Gasteiger charge is -2.26. The highest BCUT2D eigenvalue weighted by atomic mass is 32.2. The molecule has 0 bridgehead atoms. The van der Waals surface area contributed by atoms with Gasteiger partial charge >= 0.3 is 0 Å². The van der Waals surface area contributed by atoms with E-state index in [9.17, 15) is 4.79 Å². The Bertz CT molecular complexity index is 914. The molecule has 1 aliphatic rings. The Labute approximate surface area is 171 Å². The largest absolute Gasteiger partial charge is 0.321 e. The van der Waals surface area contributed by atoms with Gasteiger partial charge in [-0.2, -0.15) is 23.1 Å². The average molecular weight is 416 g/mol. The minimum atomic E-state index is -0.0852. The first kappa shape index (κ1) is 18.7. The molecule has 0 saturated carbocycles. The summed E-state index contributed by atoms with van der Waals surface area (Å²) in [6.45, 7) is 5.09. The molecular formula is C20H21N3OS3. The molecule has 140 valence electrons. The number of hydrogen-bond acceptors (Lipinski definition) is 6. The van der Waals surface area contributed by atoms with E-state index in [-0.39, 0.29) is 5.91 Å². The Morgan fingerprint density at radius 2 is 2.11 bits per heavy atom. The van der Waals surface area contributed by atoms with Crippen molar-refractivity contribution < 1.29 is 4.79 Å². The first-order chi connectivity index (χ1) is 13.2. The number of thiazole rings is 1. The normalized spacial score (nSPS) is 15.0. The fraction of sp³-hybridized carbons (Fsp3) is 0.300. The van der Waals surface area contributed by atoms with Gasteiger partial charge in [0.1, 0.15) is 9.88 Å². The van der Waals surface area contributed by atoms with Crippen LogP contribution in [0.3, 0.4) is 0 Å². The molecule has 0 atom stereocenters. The molecule has 0 aliphatic carbocycles. The van der Waals surface area contributed by atoms with Crippen molar-refractivity contribution >= 4 is 46.0 Å². The van der Waals surface area contributed by atoms with Crippen LogP contribution in [0.5, 0.6) is 0 Å². The molecule has 0 unspecified atom stereocenters. The molecule has 0 spiro atoms. The predicted molar refractivity (Wildman–Crippen MR) is 117 cm³/mol. The topological polar surface area (TPSA) is 45.2 Å². The molecule has 1 saturated heterocycles. The maximum atomic E-state index is 12.8. The van der Waals surface area contributed by atoms with Gasteiger partial charge in [0.05, 0.1) is 5.69 Å². The van der Waals surface area contributed by atoms with Crippen LogP contribution in [0.15, 0.2) is 41.1 Å². The molecule has 1 aliphatic heterocycles. The lowest BCUT2D eigenvalue weighted by Crippen LogP contribution is -2.31. The van der Waals surface area contributed by atoms with E-state index >= 15 is 0 Å². The molecule has 4 rings (SSSR count). The van der Waals surface area contributed by atoms with E-state index in [1.807, 2.05) is 42.3 Å². The van der Waals surface area contributed by atoms with Crippen LogP contribution < -0.4 is 5.32 Å². The van der Waals surface area contributed by atoms with Crippen LogP contribution in [0.25, 0.3) is 10.6 Å². The number of carbonyl (C=O) groups is 1. The highest BCUT2D eigenvalue weighted by Gasteiger charge is 2.17. The van der Waals surface area contributed by atoms with Crippen molar-refractivity contribution in [3.63, 3.8) is 0 Å². The third-order valence-corrected chi connectivity index (χ3v) is 7.30. The van der Waals surface area contributed by atoms with Gasteiger partial charge in [0.2, 0.25) is 0 Å². The number of amides is 1. The highest BCUT2D eigenvalue weighted by molar-refractivity contribution is 7.99. The zero-order valence-corrected chi connectivity index (χ0v) is 17.6. The van der Waals surface area contributed by atoms with Crippen LogP contribution in [0.1, 0.15) is 20.9 Å². The summed E-state index contributed by atoms with van der Waals surface area (Å²) in [5, 5.41) is 8.03. The molecule has 2 aromatic heterocycles. The van der Waals surface area contributed by atoms with Crippen LogP contribution in [0.2, 0.25) is 0 Å². The number of benzene rings is 1. The number of aromatic nitrogens is 1. The van der Waals surface area contributed by atoms with Gasteiger partial charge in [-0.1, -0.05) is 12.1 Å². The second kappa shape index (κ2) is 8.56. The van der Waals surface area contributed by atoms with Crippen LogP contribution in [0, 0.1) is 6.92 Å². The van der Waals surface area contributed by atoms with Crippen molar-refractivity contribution in [3.05, 3.63) is 57.2 Å². The SMILES string of the molecule is Cc1nc(-c2ccsc2)sc1C(=O)Nc1cccc(CN2CCSCC2)c1. The number of carbonyl (C=O) groups excluding carboxylic acids is 1. The van der Waals surface area contributed by atoms with Crippen molar-refractivity contribution in [2.24, 2.45) is 0 Å². The second-order valence-corrected chi connectivity index (χ2v) is 9.49. The predicted octanol–water partition coefficient (Wildman–Crippen LogP) is 4.98. The zero-order chi connectivity index (χ0) is 18.6. The van der Waals surface area contributed by atoms with E-state index in [0.29, 0.717) is 4.88 Å². The second-order valence-electron chi connectivity index (χ2n) is 6.49. The standard InChI is InChI=1S/C20H21N3OS3/c1-14-18(27-20(21-14)16-5-8-26-13-16)19(24)22-17-4-2-3-15(11-17)12-23-6-9-25-10-7-23/h2-5,8,11,13H,6-7,9-10,12H2,1H3,(H,22,24). The van der Waals surface area contributed by atoms with Crippen molar-refractivity contribution in [1.82, 2.24) is 9.88 Å². The molecule has 3 aromatic rings. The lowest BCUT2D eigenvalue weighted by molar-refractivity contribution is 0.103. The maximum Gasteiger partial charge on any atom is 0.267 e. The quantitative estimate of drug-likeness (QED) is 0.638. The number of rotatable bonds is 5. The maximum absolute atomic E-state index is 12.8. The molecule has 3 heterocycles. The van der Waals surface area contributed by atoms with E-state index in [2.05, 4.69) is 32.7 Å². The summed E-state index contributed by atoms with van der Waals surface area (Å²) in [4.78, 5) is 20.5. The van der Waals surface area contributed by atoms with Gasteiger partial charge in [-0.3, -0.25) is 9.69 Å². The van der Waals surface area contributed by atoms with Crippen LogP contribution >= 0.6 is 34.4 Å². The summed E-state index contributed by atoms with van der Waals surface area (Å²) in [7, 11) is 0. The molecule has 7 heteroatoms. The van der Waals surface area contributed by atoms with E-state index in [1.54, 1.807) is 11.3 Å². The number of thiophene rings is 1. The van der Waals surface area contributed by atoms with Gasteiger partial charge in [0.15, 0.2) is 0 Å². The van der Waals surface area contributed by atoms with Crippen LogP contribution in [-0.2, 0) is 6.54 Å². The summed E-state index contributed by atoms with van der Waals surface area (Å²) in [5.41, 5.74) is 3.93. The number of anilines is 1. The summed E-state index contributed by atoms with van der Waals surface area (Å²) < 4.78 is 0. The van der Waals surface area contributed by atoms with E-state index < -0.39 is 0 Å². The molecule has 1 fully saturated rings. The Kier molecular flexibility index (Phi) is 5.92. The van der Waals surface area contributed by atoms with Crippen molar-refractivity contribution in [1.29, 1.82) is 0 Å².